The minimum absolute atomic E-state index is 0.0495. The van der Waals surface area contributed by atoms with Crippen molar-refractivity contribution >= 4 is 44.4 Å². The topological polar surface area (TPSA) is 89.0 Å². The van der Waals surface area contributed by atoms with E-state index in [-0.39, 0.29) is 26.3 Å². The minimum atomic E-state index is -4.55. The van der Waals surface area contributed by atoms with Crippen molar-refractivity contribution in [3.8, 4) is 11.4 Å². The van der Waals surface area contributed by atoms with Crippen LogP contribution in [0.25, 0.3) is 11.4 Å². The number of nitrogens with zero attached hydrogens (tertiary/aromatic N) is 2. The van der Waals surface area contributed by atoms with Crippen LogP contribution < -0.4 is 5.32 Å². The van der Waals surface area contributed by atoms with Gasteiger partial charge in [-0.1, -0.05) is 11.6 Å². The van der Waals surface area contributed by atoms with Crippen molar-refractivity contribution in [1.29, 1.82) is 0 Å². The van der Waals surface area contributed by atoms with Gasteiger partial charge in [-0.25, -0.2) is 18.4 Å². The molecule has 1 N–H and O–H groups in total. The number of nitrogens with one attached hydrogen (secondary N) is 1. The number of hydrogen-bond acceptors (Lipinski definition) is 6. The Labute approximate surface area is 178 Å². The van der Waals surface area contributed by atoms with Gasteiger partial charge in [0.25, 0.3) is 5.91 Å². The molecule has 0 aliphatic carbocycles. The lowest BCUT2D eigenvalue weighted by atomic mass is 10.2. The number of sulfone groups is 1. The van der Waals surface area contributed by atoms with Gasteiger partial charge < -0.3 is 5.32 Å². The number of benzene rings is 1. The van der Waals surface area contributed by atoms with E-state index in [0.717, 1.165) is 17.6 Å². The zero-order chi connectivity index (χ0) is 22.3. The molecule has 0 saturated carbocycles. The minimum Gasteiger partial charge on any atom is -0.321 e. The molecule has 6 nitrogen and oxygen atoms in total. The first-order chi connectivity index (χ1) is 13.8. The molecule has 0 saturated heterocycles. The number of carbonyl (C=O) groups is 1. The summed E-state index contributed by atoms with van der Waals surface area (Å²) in [4.78, 5) is 20.9. The van der Waals surface area contributed by atoms with Gasteiger partial charge in [-0.05, 0) is 31.2 Å². The van der Waals surface area contributed by atoms with Gasteiger partial charge in [0.15, 0.2) is 15.7 Å². The van der Waals surface area contributed by atoms with E-state index in [4.69, 9.17) is 11.6 Å². The first-order valence-corrected chi connectivity index (χ1v) is 11.3. The molecule has 0 spiro atoms. The summed E-state index contributed by atoms with van der Waals surface area (Å²) < 4.78 is 61.5. The normalized spacial score (nSPS) is 12.1. The summed E-state index contributed by atoms with van der Waals surface area (Å²) in [7, 11) is -3.53. The highest BCUT2D eigenvalue weighted by Gasteiger charge is 2.31. The molecular weight excluding hydrogens is 463 g/mol. The zero-order valence-corrected chi connectivity index (χ0v) is 17.8. The largest absolute Gasteiger partial charge is 0.419 e. The summed E-state index contributed by atoms with van der Waals surface area (Å²) in [5.41, 5.74) is -0.368. The maximum Gasteiger partial charge on any atom is 0.419 e. The number of thiophene rings is 1. The molecule has 30 heavy (non-hydrogen) atoms. The summed E-state index contributed by atoms with van der Waals surface area (Å²) >= 11 is 7.02. The highest BCUT2D eigenvalue weighted by Crippen LogP contribution is 2.32. The van der Waals surface area contributed by atoms with Gasteiger partial charge in [0.2, 0.25) is 0 Å². The first kappa shape index (κ1) is 22.2. The third kappa shape index (κ3) is 4.97. The zero-order valence-electron chi connectivity index (χ0n) is 15.4. The van der Waals surface area contributed by atoms with Gasteiger partial charge in [-0.3, -0.25) is 4.79 Å². The van der Waals surface area contributed by atoms with Gasteiger partial charge in [-0.2, -0.15) is 13.2 Å². The summed E-state index contributed by atoms with van der Waals surface area (Å²) in [5.74, 6) is -0.485. The Morgan fingerprint density at radius 3 is 2.33 bits per heavy atom. The standard InChI is InChI=1S/C18H13ClF3N3O3S2/c1-9-14(16-23-7-10(8-24-16)18(20,21)22)6-15(29-9)17(26)25-12-3-11(19)4-13(5-12)30(2,27)28/h3-8H,1-2H3,(H,25,26). The Balaban J connectivity index is 1.87. The highest BCUT2D eigenvalue weighted by molar-refractivity contribution is 7.90. The van der Waals surface area contributed by atoms with Gasteiger partial charge in [0, 0.05) is 39.8 Å². The van der Waals surface area contributed by atoms with E-state index in [0.29, 0.717) is 22.8 Å². The molecule has 0 bridgehead atoms. The number of aromatic nitrogens is 2. The molecule has 0 radical (unpaired) electrons. The lowest BCUT2D eigenvalue weighted by Gasteiger charge is -2.07. The van der Waals surface area contributed by atoms with Crippen molar-refractivity contribution in [2.24, 2.45) is 0 Å². The van der Waals surface area contributed by atoms with Crippen LogP contribution in [0, 0.1) is 6.92 Å². The fraction of sp³-hybridized carbons (Fsp3) is 0.167. The number of anilines is 1. The molecule has 1 amide bonds. The second-order valence-electron chi connectivity index (χ2n) is 6.28. The molecule has 12 heteroatoms. The molecule has 2 heterocycles. The van der Waals surface area contributed by atoms with E-state index >= 15 is 0 Å². The first-order valence-electron chi connectivity index (χ1n) is 8.16. The lowest BCUT2D eigenvalue weighted by molar-refractivity contribution is -0.138. The van der Waals surface area contributed by atoms with Crippen molar-refractivity contribution < 1.29 is 26.4 Å². The van der Waals surface area contributed by atoms with Crippen LogP contribution in [0.3, 0.4) is 0 Å². The Bertz CT molecular complexity index is 1220. The van der Waals surface area contributed by atoms with Crippen LogP contribution in [0.1, 0.15) is 20.1 Å². The molecule has 0 aliphatic heterocycles. The van der Waals surface area contributed by atoms with E-state index in [9.17, 15) is 26.4 Å². The van der Waals surface area contributed by atoms with Crippen LogP contribution in [-0.4, -0.2) is 30.5 Å². The van der Waals surface area contributed by atoms with E-state index in [1.165, 1.54) is 24.3 Å². The Morgan fingerprint density at radius 2 is 1.77 bits per heavy atom. The van der Waals surface area contributed by atoms with Crippen LogP contribution in [-0.2, 0) is 16.0 Å². The smallest absolute Gasteiger partial charge is 0.321 e. The number of halogens is 4. The third-order valence-electron chi connectivity index (χ3n) is 3.92. The lowest BCUT2D eigenvalue weighted by Crippen LogP contribution is -2.11. The van der Waals surface area contributed by atoms with Gasteiger partial charge >= 0.3 is 6.18 Å². The predicted octanol–water partition coefficient (Wildman–Crippen LogP) is 4.84. The monoisotopic (exact) mass is 475 g/mol. The van der Waals surface area contributed by atoms with Crippen LogP contribution >= 0.6 is 22.9 Å². The summed E-state index contributed by atoms with van der Waals surface area (Å²) in [6.45, 7) is 1.68. The molecule has 2 aromatic heterocycles. The van der Waals surface area contributed by atoms with Crippen LogP contribution in [0.4, 0.5) is 18.9 Å². The van der Waals surface area contributed by atoms with Crippen LogP contribution in [0.2, 0.25) is 5.02 Å². The molecule has 0 unspecified atom stereocenters. The molecule has 3 rings (SSSR count). The fourth-order valence-corrected chi connectivity index (χ4v) is 4.36. The molecule has 0 aliphatic rings. The van der Waals surface area contributed by atoms with E-state index in [2.05, 4.69) is 15.3 Å². The van der Waals surface area contributed by atoms with Crippen LogP contribution in [0.5, 0.6) is 0 Å². The summed E-state index contributed by atoms with van der Waals surface area (Å²) in [6.07, 6.45) is -2.17. The number of hydrogen-bond donors (Lipinski definition) is 1. The van der Waals surface area contributed by atoms with Crippen molar-refractivity contribution in [3.05, 3.63) is 57.0 Å². The van der Waals surface area contributed by atoms with Gasteiger partial charge in [-0.15, -0.1) is 11.3 Å². The second kappa shape index (κ2) is 7.97. The van der Waals surface area contributed by atoms with Crippen molar-refractivity contribution in [2.45, 2.75) is 18.0 Å². The molecule has 3 aromatic rings. The number of rotatable bonds is 4. The van der Waals surface area contributed by atoms with Crippen molar-refractivity contribution in [1.82, 2.24) is 9.97 Å². The second-order valence-corrected chi connectivity index (χ2v) is 9.98. The SMILES string of the molecule is Cc1sc(C(=O)Nc2cc(Cl)cc(S(C)(=O)=O)c2)cc1-c1ncc(C(F)(F)F)cn1. The van der Waals surface area contributed by atoms with Crippen molar-refractivity contribution in [3.63, 3.8) is 0 Å². The summed E-state index contributed by atoms with van der Waals surface area (Å²) in [6, 6.07) is 5.40. The molecule has 0 atom stereocenters. The quantitative estimate of drug-likeness (QED) is 0.583. The highest BCUT2D eigenvalue weighted by atomic mass is 35.5. The summed E-state index contributed by atoms with van der Waals surface area (Å²) in [5, 5.41) is 2.70. The number of alkyl halides is 3. The molecule has 158 valence electrons. The van der Waals surface area contributed by atoms with Gasteiger partial charge in [0.05, 0.1) is 15.3 Å². The maximum atomic E-state index is 12.7. The van der Waals surface area contributed by atoms with Gasteiger partial charge in [0.1, 0.15) is 0 Å². The molecule has 0 fully saturated rings. The average Bonchev–Trinajstić information content (AvgIpc) is 3.02. The Hall–Kier alpha value is -2.50. The Kier molecular flexibility index (Phi) is 5.89. The van der Waals surface area contributed by atoms with E-state index in [1.807, 2.05) is 0 Å². The van der Waals surface area contributed by atoms with Crippen molar-refractivity contribution in [2.75, 3.05) is 11.6 Å². The number of aryl methyl sites for hydroxylation is 1. The maximum absolute atomic E-state index is 12.7. The number of carbonyl (C=O) groups excluding carboxylic acids is 1. The third-order valence-corrected chi connectivity index (χ3v) is 6.28. The van der Waals surface area contributed by atoms with E-state index in [1.54, 1.807) is 6.92 Å². The average molecular weight is 476 g/mol. The fourth-order valence-electron chi connectivity index (χ4n) is 2.47. The van der Waals surface area contributed by atoms with Crippen LogP contribution in [0.15, 0.2) is 41.6 Å². The molecule has 1 aromatic carbocycles. The molecular formula is C18H13ClF3N3O3S2. The predicted molar refractivity (Wildman–Crippen MR) is 108 cm³/mol. The Morgan fingerprint density at radius 1 is 1.13 bits per heavy atom. The van der Waals surface area contributed by atoms with E-state index < -0.39 is 27.5 Å². The number of amides is 1.